The summed E-state index contributed by atoms with van der Waals surface area (Å²) in [5.41, 5.74) is 3.30. The van der Waals surface area contributed by atoms with Crippen LogP contribution in [-0.2, 0) is 6.54 Å². The maximum Gasteiger partial charge on any atom is 0.268 e. The van der Waals surface area contributed by atoms with Gasteiger partial charge in [-0.15, -0.1) is 11.3 Å². The summed E-state index contributed by atoms with van der Waals surface area (Å²) < 4.78 is 0.583. The number of thiophene rings is 1. The number of carbonyl (C=O) groups is 1. The minimum atomic E-state index is -0.190. The molecular weight excluding hydrogens is 410 g/mol. The standard InChI is InChI=1S/C23H17N5O2S/c1-28(13-20-26-18-8-11-31-21(18)22(29)27-20)23(30)16-12-19(14-6-9-24-10-7-14)25-17-5-3-2-4-15(16)17/h2-12H,13H2,1H3,(H,26,27,29). The molecule has 1 aromatic carbocycles. The fraction of sp³-hybridized carbons (Fsp3) is 0.0870. The van der Waals surface area contributed by atoms with Crippen LogP contribution in [0.15, 0.2) is 71.1 Å². The van der Waals surface area contributed by atoms with E-state index in [-0.39, 0.29) is 18.0 Å². The molecule has 7 nitrogen and oxygen atoms in total. The third-order valence-electron chi connectivity index (χ3n) is 5.02. The predicted molar refractivity (Wildman–Crippen MR) is 121 cm³/mol. The molecule has 0 aliphatic rings. The summed E-state index contributed by atoms with van der Waals surface area (Å²) in [5, 5.41) is 2.60. The van der Waals surface area contributed by atoms with Gasteiger partial charge in [-0.2, -0.15) is 0 Å². The molecule has 0 spiro atoms. The largest absolute Gasteiger partial charge is 0.334 e. The first-order chi connectivity index (χ1) is 15.1. The summed E-state index contributed by atoms with van der Waals surface area (Å²) in [6, 6.07) is 14.9. The number of rotatable bonds is 4. The van der Waals surface area contributed by atoms with E-state index in [2.05, 4.69) is 15.0 Å². The Morgan fingerprint density at radius 3 is 2.71 bits per heavy atom. The number of fused-ring (bicyclic) bond motifs is 2. The molecule has 0 aliphatic heterocycles. The van der Waals surface area contributed by atoms with Crippen molar-refractivity contribution in [2.75, 3.05) is 7.05 Å². The number of nitrogens with zero attached hydrogens (tertiary/aromatic N) is 4. The average molecular weight is 427 g/mol. The van der Waals surface area contributed by atoms with Gasteiger partial charge in [0.1, 0.15) is 10.5 Å². The van der Waals surface area contributed by atoms with E-state index in [0.717, 1.165) is 16.5 Å². The number of amides is 1. The van der Waals surface area contributed by atoms with Crippen molar-refractivity contribution in [1.29, 1.82) is 0 Å². The van der Waals surface area contributed by atoms with Crippen LogP contribution in [0.25, 0.3) is 32.4 Å². The van der Waals surface area contributed by atoms with Crippen LogP contribution in [-0.4, -0.2) is 37.8 Å². The van der Waals surface area contributed by atoms with Gasteiger partial charge in [-0.1, -0.05) is 18.2 Å². The highest BCUT2D eigenvalue weighted by molar-refractivity contribution is 7.17. The Kier molecular flexibility index (Phi) is 4.76. The number of pyridine rings is 2. The molecule has 4 aromatic heterocycles. The van der Waals surface area contributed by atoms with Crippen molar-refractivity contribution in [2.24, 2.45) is 0 Å². The second-order valence-electron chi connectivity index (χ2n) is 7.12. The number of benzene rings is 1. The highest BCUT2D eigenvalue weighted by Crippen LogP contribution is 2.25. The molecular formula is C23H17N5O2S. The monoisotopic (exact) mass is 427 g/mol. The SMILES string of the molecule is CN(Cc1nc2ccsc2c(=O)[nH]1)C(=O)c1cc(-c2ccncc2)nc2ccccc12. The van der Waals surface area contributed by atoms with Crippen LogP contribution in [0.1, 0.15) is 16.2 Å². The normalized spacial score (nSPS) is 11.1. The highest BCUT2D eigenvalue weighted by Gasteiger charge is 2.19. The summed E-state index contributed by atoms with van der Waals surface area (Å²) >= 11 is 1.35. The van der Waals surface area contributed by atoms with E-state index in [9.17, 15) is 9.59 Å². The Bertz CT molecular complexity index is 1480. The van der Waals surface area contributed by atoms with Gasteiger partial charge in [0.2, 0.25) is 0 Å². The van der Waals surface area contributed by atoms with Gasteiger partial charge in [0.15, 0.2) is 0 Å². The van der Waals surface area contributed by atoms with Crippen LogP contribution in [0.5, 0.6) is 0 Å². The maximum absolute atomic E-state index is 13.4. The molecule has 152 valence electrons. The second-order valence-corrected chi connectivity index (χ2v) is 8.03. The van der Waals surface area contributed by atoms with Crippen LogP contribution in [0.4, 0.5) is 0 Å². The zero-order valence-corrected chi connectivity index (χ0v) is 17.4. The zero-order chi connectivity index (χ0) is 21.4. The summed E-state index contributed by atoms with van der Waals surface area (Å²) in [5.74, 6) is 0.265. The van der Waals surface area contributed by atoms with Gasteiger partial charge >= 0.3 is 0 Å². The van der Waals surface area contributed by atoms with Crippen molar-refractivity contribution in [3.63, 3.8) is 0 Å². The smallest absolute Gasteiger partial charge is 0.268 e. The van der Waals surface area contributed by atoms with Crippen molar-refractivity contribution in [1.82, 2.24) is 24.8 Å². The van der Waals surface area contributed by atoms with E-state index >= 15 is 0 Å². The molecule has 0 atom stereocenters. The van der Waals surface area contributed by atoms with Crippen LogP contribution < -0.4 is 5.56 Å². The van der Waals surface area contributed by atoms with Crippen LogP contribution in [0.3, 0.4) is 0 Å². The molecule has 8 heteroatoms. The van der Waals surface area contributed by atoms with Crippen LogP contribution >= 0.6 is 11.3 Å². The Labute approximate surface area is 181 Å². The molecule has 0 fully saturated rings. The number of carbonyl (C=O) groups excluding carboxylic acids is 1. The zero-order valence-electron chi connectivity index (χ0n) is 16.6. The molecule has 4 heterocycles. The summed E-state index contributed by atoms with van der Waals surface area (Å²) in [6.07, 6.45) is 3.39. The second kappa shape index (κ2) is 7.73. The van der Waals surface area contributed by atoms with E-state index in [1.54, 1.807) is 36.5 Å². The number of aromatic amines is 1. The number of aromatic nitrogens is 4. The average Bonchev–Trinajstić information content (AvgIpc) is 3.27. The van der Waals surface area contributed by atoms with Crippen molar-refractivity contribution in [3.8, 4) is 11.3 Å². The Morgan fingerprint density at radius 1 is 1.06 bits per heavy atom. The quantitative estimate of drug-likeness (QED) is 0.470. The fourth-order valence-electron chi connectivity index (χ4n) is 3.52. The molecule has 0 saturated heterocycles. The fourth-order valence-corrected chi connectivity index (χ4v) is 4.25. The number of para-hydroxylation sites is 1. The first kappa shape index (κ1) is 19.1. The third-order valence-corrected chi connectivity index (χ3v) is 5.92. The molecule has 5 rings (SSSR count). The summed E-state index contributed by atoms with van der Waals surface area (Å²) in [4.78, 5) is 43.2. The van der Waals surface area contributed by atoms with Gasteiger partial charge in [0.25, 0.3) is 11.5 Å². The number of nitrogens with one attached hydrogen (secondary N) is 1. The van der Waals surface area contributed by atoms with Gasteiger partial charge in [0, 0.05) is 30.4 Å². The predicted octanol–water partition coefficient (Wildman–Crippen LogP) is 3.87. The lowest BCUT2D eigenvalue weighted by molar-refractivity contribution is 0.0783. The third kappa shape index (κ3) is 3.57. The molecule has 0 bridgehead atoms. The van der Waals surface area contributed by atoms with Gasteiger partial charge < -0.3 is 9.88 Å². The van der Waals surface area contributed by atoms with Gasteiger partial charge in [-0.3, -0.25) is 14.6 Å². The molecule has 5 aromatic rings. The van der Waals surface area contributed by atoms with Gasteiger partial charge in [-0.25, -0.2) is 9.97 Å². The minimum Gasteiger partial charge on any atom is -0.334 e. The van der Waals surface area contributed by atoms with Crippen molar-refractivity contribution in [3.05, 3.63) is 88.0 Å². The van der Waals surface area contributed by atoms with E-state index in [1.807, 2.05) is 41.8 Å². The number of hydrogen-bond donors (Lipinski definition) is 1. The lowest BCUT2D eigenvalue weighted by Crippen LogP contribution is -2.28. The van der Waals surface area contributed by atoms with Crippen LogP contribution in [0.2, 0.25) is 0 Å². The molecule has 0 aliphatic carbocycles. The lowest BCUT2D eigenvalue weighted by Gasteiger charge is -2.18. The molecule has 0 unspecified atom stereocenters. The Morgan fingerprint density at radius 2 is 1.87 bits per heavy atom. The lowest BCUT2D eigenvalue weighted by atomic mass is 10.0. The van der Waals surface area contributed by atoms with Crippen LogP contribution in [0, 0.1) is 0 Å². The first-order valence-corrected chi connectivity index (χ1v) is 10.5. The molecule has 31 heavy (non-hydrogen) atoms. The first-order valence-electron chi connectivity index (χ1n) is 9.62. The van der Waals surface area contributed by atoms with Gasteiger partial charge in [-0.05, 0) is 35.7 Å². The van der Waals surface area contributed by atoms with E-state index in [4.69, 9.17) is 4.98 Å². The molecule has 0 radical (unpaired) electrons. The Balaban J connectivity index is 1.54. The van der Waals surface area contributed by atoms with Gasteiger partial charge in [0.05, 0.1) is 28.8 Å². The Hall–Kier alpha value is -3.91. The van der Waals surface area contributed by atoms with E-state index < -0.39 is 0 Å². The molecule has 1 N–H and O–H groups in total. The number of hydrogen-bond acceptors (Lipinski definition) is 6. The van der Waals surface area contributed by atoms with Crippen molar-refractivity contribution < 1.29 is 4.79 Å². The maximum atomic E-state index is 13.4. The minimum absolute atomic E-state index is 0.179. The highest BCUT2D eigenvalue weighted by atomic mass is 32.1. The molecule has 0 saturated carbocycles. The van der Waals surface area contributed by atoms with Crippen molar-refractivity contribution >= 4 is 38.4 Å². The van der Waals surface area contributed by atoms with E-state index in [1.165, 1.54) is 11.3 Å². The van der Waals surface area contributed by atoms with Crippen molar-refractivity contribution in [2.45, 2.75) is 6.54 Å². The topological polar surface area (TPSA) is 91.8 Å². The number of H-pyrrole nitrogens is 1. The summed E-state index contributed by atoms with van der Waals surface area (Å²) in [6.45, 7) is 0.182. The molecule has 1 amide bonds. The van der Waals surface area contributed by atoms with E-state index in [0.29, 0.717) is 27.3 Å². The summed E-state index contributed by atoms with van der Waals surface area (Å²) in [7, 11) is 1.70.